The second kappa shape index (κ2) is 11.0. The Labute approximate surface area is 200 Å². The first-order chi connectivity index (χ1) is 15.7. The van der Waals surface area contributed by atoms with Gasteiger partial charge in [0.2, 0.25) is 15.9 Å². The smallest absolute Gasteiger partial charge is 0.252 e. The van der Waals surface area contributed by atoms with Gasteiger partial charge in [-0.05, 0) is 43.2 Å². The minimum Gasteiger partial charge on any atom is -0.376 e. The third-order valence-electron chi connectivity index (χ3n) is 5.43. The first kappa shape index (κ1) is 25.0. The molecule has 178 valence electrons. The summed E-state index contributed by atoms with van der Waals surface area (Å²) in [7, 11) is -0.00545. The minimum absolute atomic E-state index is 0.0200. The van der Waals surface area contributed by atoms with Gasteiger partial charge in [-0.3, -0.25) is 9.59 Å². The maximum atomic E-state index is 13.1. The average Bonchev–Trinajstić information content (AvgIpc) is 2.79. The van der Waals surface area contributed by atoms with Crippen LogP contribution in [0.5, 0.6) is 0 Å². The zero-order valence-electron chi connectivity index (χ0n) is 18.8. The summed E-state index contributed by atoms with van der Waals surface area (Å²) >= 11 is 6.03. The molecule has 1 saturated heterocycles. The molecule has 33 heavy (non-hydrogen) atoms. The number of amides is 2. The molecule has 1 aliphatic heterocycles. The fraction of sp³-hybridized carbons (Fsp3) is 0.391. The van der Waals surface area contributed by atoms with Crippen LogP contribution in [0.15, 0.2) is 47.4 Å². The van der Waals surface area contributed by atoms with E-state index < -0.39 is 10.0 Å². The van der Waals surface area contributed by atoms with Crippen LogP contribution in [0.1, 0.15) is 36.0 Å². The summed E-state index contributed by atoms with van der Waals surface area (Å²) < 4.78 is 27.6. The van der Waals surface area contributed by atoms with Gasteiger partial charge in [-0.25, -0.2) is 8.42 Å². The number of benzene rings is 2. The van der Waals surface area contributed by atoms with E-state index in [2.05, 4.69) is 10.6 Å². The number of sulfonamides is 1. The molecule has 0 spiro atoms. The Hall–Kier alpha value is -2.62. The van der Waals surface area contributed by atoms with Gasteiger partial charge in [-0.1, -0.05) is 30.2 Å². The van der Waals surface area contributed by atoms with Gasteiger partial charge in [-0.2, -0.15) is 4.31 Å². The van der Waals surface area contributed by atoms with Gasteiger partial charge in [-0.15, -0.1) is 0 Å². The number of rotatable bonds is 8. The Balaban J connectivity index is 1.68. The third-order valence-corrected chi connectivity index (χ3v) is 7.66. The predicted molar refractivity (Wildman–Crippen MR) is 130 cm³/mol. The number of anilines is 2. The molecule has 0 aromatic heterocycles. The molecule has 0 unspecified atom stereocenters. The number of carbonyl (C=O) groups is 2. The average molecular weight is 493 g/mol. The van der Waals surface area contributed by atoms with Gasteiger partial charge in [0.25, 0.3) is 5.91 Å². The van der Waals surface area contributed by atoms with Gasteiger partial charge in [0, 0.05) is 40.2 Å². The van der Waals surface area contributed by atoms with E-state index in [4.69, 9.17) is 11.6 Å². The van der Waals surface area contributed by atoms with Gasteiger partial charge in [0.15, 0.2) is 0 Å². The quantitative estimate of drug-likeness (QED) is 0.589. The third kappa shape index (κ3) is 6.25. The van der Waals surface area contributed by atoms with Crippen LogP contribution in [0.3, 0.4) is 0 Å². The second-order valence-electron chi connectivity index (χ2n) is 8.07. The molecule has 2 amide bonds. The van der Waals surface area contributed by atoms with Gasteiger partial charge >= 0.3 is 0 Å². The minimum atomic E-state index is -3.63. The summed E-state index contributed by atoms with van der Waals surface area (Å²) in [5.41, 5.74) is 1.42. The summed E-state index contributed by atoms with van der Waals surface area (Å²) in [5.74, 6) is -0.706. The Kier molecular flexibility index (Phi) is 8.34. The van der Waals surface area contributed by atoms with Crippen LogP contribution in [0.4, 0.5) is 11.4 Å². The van der Waals surface area contributed by atoms with Crippen molar-refractivity contribution in [2.24, 2.45) is 0 Å². The molecule has 1 fully saturated rings. The van der Waals surface area contributed by atoms with E-state index in [1.54, 1.807) is 41.3 Å². The highest BCUT2D eigenvalue weighted by molar-refractivity contribution is 7.89. The SMILES string of the molecule is CN(C)c1ccc(S(=O)(=O)N2CCCCC2)cc1NC(=O)CCNC(=O)c1ccccc1Cl. The number of nitrogens with zero attached hydrogens (tertiary/aromatic N) is 2. The summed E-state index contributed by atoms with van der Waals surface area (Å²) in [6.45, 7) is 1.12. The highest BCUT2D eigenvalue weighted by Crippen LogP contribution is 2.30. The van der Waals surface area contributed by atoms with E-state index in [-0.39, 0.29) is 29.7 Å². The molecule has 2 aromatic rings. The lowest BCUT2D eigenvalue weighted by Gasteiger charge is -2.26. The second-order valence-corrected chi connectivity index (χ2v) is 10.4. The molecule has 0 saturated carbocycles. The van der Waals surface area contributed by atoms with Crippen molar-refractivity contribution in [3.63, 3.8) is 0 Å². The zero-order chi connectivity index (χ0) is 24.0. The van der Waals surface area contributed by atoms with E-state index in [1.807, 2.05) is 14.1 Å². The molecule has 0 aliphatic carbocycles. The van der Waals surface area contributed by atoms with Crippen molar-refractivity contribution in [1.29, 1.82) is 0 Å². The van der Waals surface area contributed by atoms with E-state index in [9.17, 15) is 18.0 Å². The van der Waals surface area contributed by atoms with Crippen molar-refractivity contribution >= 4 is 44.8 Å². The Morgan fingerprint density at radius 3 is 2.42 bits per heavy atom. The summed E-state index contributed by atoms with van der Waals surface area (Å²) in [4.78, 5) is 26.8. The monoisotopic (exact) mass is 492 g/mol. The number of hydrogen-bond donors (Lipinski definition) is 2. The molecule has 8 nitrogen and oxygen atoms in total. The molecule has 2 aromatic carbocycles. The van der Waals surface area contributed by atoms with Crippen molar-refractivity contribution in [3.05, 3.63) is 53.1 Å². The number of carbonyl (C=O) groups excluding carboxylic acids is 2. The molecule has 3 rings (SSSR count). The van der Waals surface area contributed by atoms with Crippen LogP contribution in [0.25, 0.3) is 0 Å². The molecule has 10 heteroatoms. The lowest BCUT2D eigenvalue weighted by molar-refractivity contribution is -0.116. The molecule has 2 N–H and O–H groups in total. The Morgan fingerprint density at radius 1 is 1.06 bits per heavy atom. The molecular formula is C23H29ClN4O4S. The zero-order valence-corrected chi connectivity index (χ0v) is 20.4. The number of halogens is 1. The number of hydrogen-bond acceptors (Lipinski definition) is 5. The van der Waals surface area contributed by atoms with Crippen molar-refractivity contribution in [2.45, 2.75) is 30.6 Å². The van der Waals surface area contributed by atoms with Gasteiger partial charge in [0.1, 0.15) is 0 Å². The fourth-order valence-electron chi connectivity index (χ4n) is 3.66. The van der Waals surface area contributed by atoms with Crippen molar-refractivity contribution in [3.8, 4) is 0 Å². The largest absolute Gasteiger partial charge is 0.376 e. The van der Waals surface area contributed by atoms with Crippen molar-refractivity contribution in [2.75, 3.05) is 43.9 Å². The normalized spacial score (nSPS) is 14.5. The van der Waals surface area contributed by atoms with Crippen LogP contribution >= 0.6 is 11.6 Å². The highest BCUT2D eigenvalue weighted by Gasteiger charge is 2.27. The van der Waals surface area contributed by atoms with E-state index in [0.717, 1.165) is 19.3 Å². The first-order valence-corrected chi connectivity index (χ1v) is 12.7. The molecule has 0 radical (unpaired) electrons. The molecular weight excluding hydrogens is 464 g/mol. The van der Waals surface area contributed by atoms with Crippen molar-refractivity contribution < 1.29 is 18.0 Å². The standard InChI is InChI=1S/C23H29ClN4O4S/c1-27(2)21-11-10-17(33(31,32)28-14-6-3-7-15-28)16-20(21)26-22(29)12-13-25-23(30)18-8-4-5-9-19(18)24/h4-5,8-11,16H,3,6-7,12-15H2,1-2H3,(H,25,30)(H,26,29). The fourth-order valence-corrected chi connectivity index (χ4v) is 5.43. The summed E-state index contributed by atoms with van der Waals surface area (Å²) in [6, 6.07) is 11.4. The number of piperidine rings is 1. The van der Waals surface area contributed by atoms with Crippen LogP contribution in [-0.4, -0.2) is 58.3 Å². The van der Waals surface area contributed by atoms with E-state index in [0.29, 0.717) is 35.1 Å². The van der Waals surface area contributed by atoms with Crippen LogP contribution in [-0.2, 0) is 14.8 Å². The Morgan fingerprint density at radius 2 is 1.76 bits per heavy atom. The lowest BCUT2D eigenvalue weighted by atomic mass is 10.2. The van der Waals surface area contributed by atoms with Crippen LogP contribution in [0, 0.1) is 0 Å². The molecule has 0 atom stereocenters. The van der Waals surface area contributed by atoms with Crippen LogP contribution < -0.4 is 15.5 Å². The predicted octanol–water partition coefficient (Wildman–Crippen LogP) is 3.34. The van der Waals surface area contributed by atoms with Gasteiger partial charge < -0.3 is 15.5 Å². The molecule has 1 aliphatic rings. The number of nitrogens with one attached hydrogen (secondary N) is 2. The topological polar surface area (TPSA) is 98.8 Å². The van der Waals surface area contributed by atoms with E-state index in [1.165, 1.54) is 10.4 Å². The Bertz CT molecular complexity index is 1120. The maximum absolute atomic E-state index is 13.1. The summed E-state index contributed by atoms with van der Waals surface area (Å²) in [5, 5.41) is 5.80. The molecule has 1 heterocycles. The summed E-state index contributed by atoms with van der Waals surface area (Å²) in [6.07, 6.45) is 2.74. The molecule has 0 bridgehead atoms. The highest BCUT2D eigenvalue weighted by atomic mass is 35.5. The van der Waals surface area contributed by atoms with Crippen molar-refractivity contribution in [1.82, 2.24) is 9.62 Å². The van der Waals surface area contributed by atoms with Gasteiger partial charge in [0.05, 0.1) is 26.9 Å². The van der Waals surface area contributed by atoms with E-state index >= 15 is 0 Å². The maximum Gasteiger partial charge on any atom is 0.252 e. The lowest BCUT2D eigenvalue weighted by Crippen LogP contribution is -2.35. The first-order valence-electron chi connectivity index (χ1n) is 10.8. The van der Waals surface area contributed by atoms with Crippen LogP contribution in [0.2, 0.25) is 5.02 Å².